The average molecular weight is 318 g/mol. The number of ketones is 1. The number of para-hydroxylation sites is 2. The Balaban J connectivity index is 1.82. The topological polar surface area (TPSA) is 55.1 Å². The third-order valence-corrected chi connectivity index (χ3v) is 4.68. The largest absolute Gasteiger partial charge is 0.508 e. The van der Waals surface area contributed by atoms with Gasteiger partial charge in [-0.15, -0.1) is 0 Å². The first-order valence-electron chi connectivity index (χ1n) is 8.10. The third kappa shape index (κ3) is 2.31. The first kappa shape index (κ1) is 14.7. The Labute approximate surface area is 140 Å². The molecule has 0 unspecified atom stereocenters. The number of Topliss-reactive ketones (excluding diaryl/α,β-unsaturated/α-hetero) is 1. The van der Waals surface area contributed by atoms with Crippen molar-refractivity contribution in [1.82, 2.24) is 9.78 Å². The van der Waals surface area contributed by atoms with Gasteiger partial charge in [0.25, 0.3) is 0 Å². The molecule has 1 heterocycles. The van der Waals surface area contributed by atoms with Crippen molar-refractivity contribution in [2.24, 2.45) is 0 Å². The number of carbonyl (C=O) groups excluding carboxylic acids is 1. The van der Waals surface area contributed by atoms with Crippen LogP contribution in [0.3, 0.4) is 0 Å². The van der Waals surface area contributed by atoms with Crippen LogP contribution >= 0.6 is 0 Å². The predicted molar refractivity (Wildman–Crippen MR) is 91.8 cm³/mol. The molecule has 120 valence electrons. The molecule has 0 amide bonds. The number of hydrogen-bond acceptors (Lipinski definition) is 3. The minimum atomic E-state index is -0.0234. The summed E-state index contributed by atoms with van der Waals surface area (Å²) < 4.78 is 1.87. The van der Waals surface area contributed by atoms with E-state index in [1.54, 1.807) is 12.1 Å². The van der Waals surface area contributed by atoms with Crippen LogP contribution in [0.5, 0.6) is 5.75 Å². The molecular formula is C20H18N2O2. The van der Waals surface area contributed by atoms with Crippen LogP contribution in [-0.4, -0.2) is 20.7 Å². The first-order valence-corrected chi connectivity index (χ1v) is 8.10. The molecular weight excluding hydrogens is 300 g/mol. The van der Waals surface area contributed by atoms with Crippen LogP contribution in [0, 0.1) is 6.92 Å². The average Bonchev–Trinajstić information content (AvgIpc) is 2.93. The SMILES string of the molecule is Cc1nn(-c2ccccc2)c2c1C(=O)C[C@H](c1ccccc1O)C2. The normalized spacial score (nSPS) is 16.9. The lowest BCUT2D eigenvalue weighted by atomic mass is 9.81. The van der Waals surface area contributed by atoms with E-state index in [4.69, 9.17) is 0 Å². The van der Waals surface area contributed by atoms with E-state index >= 15 is 0 Å². The van der Waals surface area contributed by atoms with Crippen molar-refractivity contribution < 1.29 is 9.90 Å². The molecule has 4 heteroatoms. The van der Waals surface area contributed by atoms with Gasteiger partial charge in [0.05, 0.1) is 22.6 Å². The summed E-state index contributed by atoms with van der Waals surface area (Å²) in [6.45, 7) is 1.89. The second-order valence-electron chi connectivity index (χ2n) is 6.24. The standard InChI is InChI=1S/C20H18N2O2/c1-13-20-17(22(21-13)15-7-3-2-4-8-15)11-14(12-19(20)24)16-9-5-6-10-18(16)23/h2-10,14,23H,11-12H2,1H3/t14-/m1/s1. The van der Waals surface area contributed by atoms with Crippen molar-refractivity contribution in [3.8, 4) is 11.4 Å². The summed E-state index contributed by atoms with van der Waals surface area (Å²) in [5, 5.41) is 14.8. The zero-order valence-electron chi connectivity index (χ0n) is 13.4. The minimum absolute atomic E-state index is 0.0234. The Morgan fingerprint density at radius 2 is 1.75 bits per heavy atom. The molecule has 4 nitrogen and oxygen atoms in total. The quantitative estimate of drug-likeness (QED) is 0.782. The maximum absolute atomic E-state index is 12.7. The van der Waals surface area contributed by atoms with Crippen molar-refractivity contribution >= 4 is 5.78 Å². The summed E-state index contributed by atoms with van der Waals surface area (Å²) in [5.41, 5.74) is 4.23. The van der Waals surface area contributed by atoms with Gasteiger partial charge in [-0.2, -0.15) is 5.10 Å². The van der Waals surface area contributed by atoms with Gasteiger partial charge in [0.15, 0.2) is 5.78 Å². The number of phenols is 1. The van der Waals surface area contributed by atoms with Gasteiger partial charge in [0.2, 0.25) is 0 Å². The van der Waals surface area contributed by atoms with Crippen LogP contribution < -0.4 is 0 Å². The highest BCUT2D eigenvalue weighted by Gasteiger charge is 2.32. The lowest BCUT2D eigenvalue weighted by molar-refractivity contribution is 0.0963. The molecule has 0 saturated heterocycles. The van der Waals surface area contributed by atoms with E-state index in [1.807, 2.05) is 54.1 Å². The van der Waals surface area contributed by atoms with Crippen molar-refractivity contribution in [3.63, 3.8) is 0 Å². The smallest absolute Gasteiger partial charge is 0.167 e. The van der Waals surface area contributed by atoms with Gasteiger partial charge < -0.3 is 5.11 Å². The van der Waals surface area contributed by atoms with Crippen LogP contribution in [0.4, 0.5) is 0 Å². The van der Waals surface area contributed by atoms with Gasteiger partial charge in [-0.3, -0.25) is 4.79 Å². The van der Waals surface area contributed by atoms with E-state index in [9.17, 15) is 9.90 Å². The van der Waals surface area contributed by atoms with Crippen LogP contribution in [0.25, 0.3) is 5.69 Å². The molecule has 1 N–H and O–H groups in total. The summed E-state index contributed by atoms with van der Waals surface area (Å²) in [6.07, 6.45) is 1.10. The van der Waals surface area contributed by atoms with Gasteiger partial charge in [-0.25, -0.2) is 4.68 Å². The minimum Gasteiger partial charge on any atom is -0.508 e. The van der Waals surface area contributed by atoms with Gasteiger partial charge in [0, 0.05) is 12.3 Å². The summed E-state index contributed by atoms with van der Waals surface area (Å²) in [4.78, 5) is 12.7. The molecule has 0 bridgehead atoms. The number of aromatic nitrogens is 2. The van der Waals surface area contributed by atoms with E-state index in [1.165, 1.54) is 0 Å². The van der Waals surface area contributed by atoms with Crippen LogP contribution in [0.15, 0.2) is 54.6 Å². The number of carbonyl (C=O) groups is 1. The molecule has 3 aromatic rings. The van der Waals surface area contributed by atoms with E-state index in [2.05, 4.69) is 5.10 Å². The zero-order chi connectivity index (χ0) is 16.7. The van der Waals surface area contributed by atoms with Crippen LogP contribution in [0.1, 0.15) is 39.6 Å². The van der Waals surface area contributed by atoms with Gasteiger partial charge in [-0.05, 0) is 37.1 Å². The Bertz CT molecular complexity index is 913. The molecule has 0 saturated carbocycles. The second-order valence-corrected chi connectivity index (χ2v) is 6.24. The number of hydrogen-bond donors (Lipinski definition) is 1. The van der Waals surface area contributed by atoms with E-state index in [0.29, 0.717) is 12.8 Å². The van der Waals surface area contributed by atoms with Crippen LogP contribution in [0.2, 0.25) is 0 Å². The highest BCUT2D eigenvalue weighted by Crippen LogP contribution is 2.38. The molecule has 0 radical (unpaired) electrons. The van der Waals surface area contributed by atoms with E-state index < -0.39 is 0 Å². The van der Waals surface area contributed by atoms with Crippen molar-refractivity contribution in [2.45, 2.75) is 25.7 Å². The number of fused-ring (bicyclic) bond motifs is 1. The fraction of sp³-hybridized carbons (Fsp3) is 0.200. The molecule has 1 aliphatic carbocycles. The van der Waals surface area contributed by atoms with Gasteiger partial charge in [-0.1, -0.05) is 36.4 Å². The molecule has 0 aliphatic heterocycles. The number of nitrogens with zero attached hydrogens (tertiary/aromatic N) is 2. The summed E-state index contributed by atoms with van der Waals surface area (Å²) in [7, 11) is 0. The molecule has 1 aliphatic rings. The Morgan fingerprint density at radius 3 is 2.50 bits per heavy atom. The number of aromatic hydroxyl groups is 1. The van der Waals surface area contributed by atoms with Gasteiger partial charge in [0.1, 0.15) is 5.75 Å². The molecule has 24 heavy (non-hydrogen) atoms. The molecule has 0 fully saturated rings. The maximum Gasteiger partial charge on any atom is 0.167 e. The molecule has 1 aromatic heterocycles. The van der Waals surface area contributed by atoms with Crippen LogP contribution in [-0.2, 0) is 6.42 Å². The summed E-state index contributed by atoms with van der Waals surface area (Å²) in [6, 6.07) is 17.1. The van der Waals surface area contributed by atoms with Gasteiger partial charge >= 0.3 is 0 Å². The molecule has 1 atom stereocenters. The lowest BCUT2D eigenvalue weighted by Crippen LogP contribution is -2.20. The molecule has 0 spiro atoms. The maximum atomic E-state index is 12.7. The van der Waals surface area contributed by atoms with Crippen molar-refractivity contribution in [1.29, 1.82) is 0 Å². The Morgan fingerprint density at radius 1 is 1.04 bits per heavy atom. The first-order chi connectivity index (χ1) is 11.6. The molecule has 4 rings (SSSR count). The summed E-state index contributed by atoms with van der Waals surface area (Å²) >= 11 is 0. The zero-order valence-corrected chi connectivity index (χ0v) is 13.4. The van der Waals surface area contributed by atoms with Crippen molar-refractivity contribution in [2.75, 3.05) is 0 Å². The second kappa shape index (κ2) is 5.64. The highest BCUT2D eigenvalue weighted by atomic mass is 16.3. The fourth-order valence-corrected chi connectivity index (χ4v) is 3.59. The monoisotopic (exact) mass is 318 g/mol. The Hall–Kier alpha value is -2.88. The number of phenolic OH excluding ortho intramolecular Hbond substituents is 1. The number of rotatable bonds is 2. The highest BCUT2D eigenvalue weighted by molar-refractivity contribution is 6.00. The van der Waals surface area contributed by atoms with E-state index in [-0.39, 0.29) is 17.5 Å². The van der Waals surface area contributed by atoms with Crippen molar-refractivity contribution in [3.05, 3.63) is 77.1 Å². The third-order valence-electron chi connectivity index (χ3n) is 4.68. The Kier molecular flexibility index (Phi) is 3.45. The fourth-order valence-electron chi connectivity index (χ4n) is 3.59. The lowest BCUT2D eigenvalue weighted by Gasteiger charge is -2.23. The van der Waals surface area contributed by atoms with E-state index in [0.717, 1.165) is 28.2 Å². The summed E-state index contributed by atoms with van der Waals surface area (Å²) in [5.74, 6) is 0.329. The number of aryl methyl sites for hydroxylation is 1. The molecule has 2 aromatic carbocycles. The predicted octanol–water partition coefficient (Wildman–Crippen LogP) is 3.80. The number of benzene rings is 2.